The zero-order valence-electron chi connectivity index (χ0n) is 11.0. The molecule has 0 rings (SSSR count). The molecular formula is C11H24O4S2. The smallest absolute Gasteiger partial charge is 0.156 e. The first kappa shape index (κ1) is 17.2. The van der Waals surface area contributed by atoms with Crippen molar-refractivity contribution in [1.29, 1.82) is 0 Å². The van der Waals surface area contributed by atoms with Gasteiger partial charge in [0.2, 0.25) is 0 Å². The molecule has 0 fully saturated rings. The summed E-state index contributed by atoms with van der Waals surface area (Å²) in [4.78, 5) is 0. The SMILES string of the molecule is CCC(C)C(CC(C(C)CC)S(=O)O)S(=O)O. The lowest BCUT2D eigenvalue weighted by atomic mass is 9.95. The fraction of sp³-hybridized carbons (Fsp3) is 1.00. The van der Waals surface area contributed by atoms with Crippen LogP contribution in [0.1, 0.15) is 47.0 Å². The van der Waals surface area contributed by atoms with Gasteiger partial charge in [0.15, 0.2) is 22.2 Å². The summed E-state index contributed by atoms with van der Waals surface area (Å²) in [5.41, 5.74) is 0. The summed E-state index contributed by atoms with van der Waals surface area (Å²) in [6, 6.07) is 0. The van der Waals surface area contributed by atoms with E-state index in [0.29, 0.717) is 6.42 Å². The number of hydrogen-bond acceptors (Lipinski definition) is 2. The van der Waals surface area contributed by atoms with Crippen LogP contribution in [0.3, 0.4) is 0 Å². The highest BCUT2D eigenvalue weighted by Crippen LogP contribution is 2.25. The van der Waals surface area contributed by atoms with E-state index in [9.17, 15) is 17.5 Å². The monoisotopic (exact) mass is 284 g/mol. The molecule has 0 aromatic carbocycles. The minimum Gasteiger partial charge on any atom is -0.306 e. The van der Waals surface area contributed by atoms with Crippen LogP contribution in [-0.4, -0.2) is 28.0 Å². The molecule has 0 bridgehead atoms. The maximum atomic E-state index is 11.3. The molecule has 0 heterocycles. The highest BCUT2D eigenvalue weighted by atomic mass is 32.2. The summed E-state index contributed by atoms with van der Waals surface area (Å²) in [5.74, 6) is 0.159. The Morgan fingerprint density at radius 2 is 1.18 bits per heavy atom. The van der Waals surface area contributed by atoms with Crippen LogP contribution < -0.4 is 0 Å². The summed E-state index contributed by atoms with van der Waals surface area (Å²) in [6.07, 6.45) is 1.92. The van der Waals surface area contributed by atoms with Crippen molar-refractivity contribution in [3.8, 4) is 0 Å². The quantitative estimate of drug-likeness (QED) is 0.672. The second-order valence-electron chi connectivity index (χ2n) is 4.64. The van der Waals surface area contributed by atoms with Crippen LogP contribution in [0, 0.1) is 11.8 Å². The molecule has 0 aliphatic rings. The number of rotatable bonds is 8. The van der Waals surface area contributed by atoms with Crippen molar-refractivity contribution in [3.05, 3.63) is 0 Å². The van der Waals surface area contributed by atoms with E-state index in [4.69, 9.17) is 0 Å². The predicted octanol–water partition coefficient (Wildman–Crippen LogP) is 2.65. The van der Waals surface area contributed by atoms with Crippen LogP contribution in [-0.2, 0) is 22.2 Å². The first-order valence-corrected chi connectivity index (χ1v) is 8.38. The molecule has 104 valence electrons. The van der Waals surface area contributed by atoms with Crippen LogP contribution in [0.2, 0.25) is 0 Å². The third kappa shape index (κ3) is 5.59. The molecule has 0 aromatic heterocycles. The van der Waals surface area contributed by atoms with Gasteiger partial charge in [-0.15, -0.1) is 0 Å². The van der Waals surface area contributed by atoms with Crippen molar-refractivity contribution in [2.75, 3.05) is 0 Å². The summed E-state index contributed by atoms with van der Waals surface area (Å²) in [5, 5.41) is -0.842. The van der Waals surface area contributed by atoms with Crippen molar-refractivity contribution in [3.63, 3.8) is 0 Å². The van der Waals surface area contributed by atoms with E-state index in [-0.39, 0.29) is 11.8 Å². The molecule has 6 heteroatoms. The van der Waals surface area contributed by atoms with E-state index in [0.717, 1.165) is 12.8 Å². The molecule has 2 N–H and O–H groups in total. The van der Waals surface area contributed by atoms with Gasteiger partial charge >= 0.3 is 0 Å². The Hall–Kier alpha value is 0.220. The molecule has 0 aliphatic carbocycles. The summed E-state index contributed by atoms with van der Waals surface area (Å²) in [7, 11) is 0. The maximum Gasteiger partial charge on any atom is 0.156 e. The van der Waals surface area contributed by atoms with Gasteiger partial charge in [0.05, 0.1) is 10.5 Å². The summed E-state index contributed by atoms with van der Waals surface area (Å²) in [6.45, 7) is 7.73. The molecule has 0 aromatic rings. The van der Waals surface area contributed by atoms with E-state index in [2.05, 4.69) is 0 Å². The standard InChI is InChI=1S/C11H24O4S2/c1-5-8(3)10(16(12)13)7-11(17(14)15)9(4)6-2/h8-11H,5-7H2,1-4H3,(H,12,13)(H,14,15). The molecule has 0 saturated heterocycles. The molecule has 0 aliphatic heterocycles. The molecule has 0 amide bonds. The lowest BCUT2D eigenvalue weighted by Gasteiger charge is -2.26. The van der Waals surface area contributed by atoms with Gasteiger partial charge in [-0.25, -0.2) is 8.42 Å². The fourth-order valence-corrected chi connectivity index (χ4v) is 3.83. The molecule has 6 unspecified atom stereocenters. The van der Waals surface area contributed by atoms with Gasteiger partial charge in [-0.1, -0.05) is 40.5 Å². The lowest BCUT2D eigenvalue weighted by molar-refractivity contribution is 0.405. The van der Waals surface area contributed by atoms with Gasteiger partial charge in [0.1, 0.15) is 0 Å². The van der Waals surface area contributed by atoms with Gasteiger partial charge in [-0.2, -0.15) is 0 Å². The first-order chi connectivity index (χ1) is 7.84. The molecular weight excluding hydrogens is 260 g/mol. The van der Waals surface area contributed by atoms with Gasteiger partial charge in [0.25, 0.3) is 0 Å². The molecule has 6 atom stereocenters. The van der Waals surface area contributed by atoms with Crippen molar-refractivity contribution >= 4 is 22.2 Å². The van der Waals surface area contributed by atoms with Crippen LogP contribution >= 0.6 is 0 Å². The van der Waals surface area contributed by atoms with Crippen LogP contribution in [0.5, 0.6) is 0 Å². The Kier molecular flexibility index (Phi) is 8.45. The minimum atomic E-state index is -1.93. The van der Waals surface area contributed by atoms with E-state index < -0.39 is 32.7 Å². The average Bonchev–Trinajstić information content (AvgIpc) is 2.27. The highest BCUT2D eigenvalue weighted by molar-refractivity contribution is 7.80. The van der Waals surface area contributed by atoms with Crippen LogP contribution in [0.4, 0.5) is 0 Å². The Balaban J connectivity index is 4.80. The van der Waals surface area contributed by atoms with Gasteiger partial charge < -0.3 is 9.11 Å². The molecule has 0 saturated carbocycles. The lowest BCUT2D eigenvalue weighted by Crippen LogP contribution is -2.33. The highest BCUT2D eigenvalue weighted by Gasteiger charge is 2.30. The van der Waals surface area contributed by atoms with Crippen molar-refractivity contribution in [2.24, 2.45) is 11.8 Å². The third-order valence-corrected chi connectivity index (χ3v) is 5.89. The van der Waals surface area contributed by atoms with Gasteiger partial charge in [-0.3, -0.25) is 0 Å². The maximum absolute atomic E-state index is 11.3. The summed E-state index contributed by atoms with van der Waals surface area (Å²) >= 11 is -3.87. The zero-order chi connectivity index (χ0) is 13.6. The number of hydrogen-bond donors (Lipinski definition) is 2. The van der Waals surface area contributed by atoms with Crippen LogP contribution in [0.25, 0.3) is 0 Å². The normalized spacial score (nSPS) is 22.5. The molecule has 4 nitrogen and oxygen atoms in total. The van der Waals surface area contributed by atoms with Gasteiger partial charge in [-0.05, 0) is 18.3 Å². The predicted molar refractivity (Wildman–Crippen MR) is 72.6 cm³/mol. The largest absolute Gasteiger partial charge is 0.306 e. The molecule has 0 spiro atoms. The van der Waals surface area contributed by atoms with Crippen LogP contribution in [0.15, 0.2) is 0 Å². The Morgan fingerprint density at radius 1 is 0.882 bits per heavy atom. The van der Waals surface area contributed by atoms with E-state index in [1.54, 1.807) is 0 Å². The third-order valence-electron chi connectivity index (χ3n) is 3.54. The van der Waals surface area contributed by atoms with Gasteiger partial charge in [0, 0.05) is 0 Å². The Bertz CT molecular complexity index is 244. The Labute approximate surface area is 109 Å². The Morgan fingerprint density at radius 3 is 1.35 bits per heavy atom. The van der Waals surface area contributed by atoms with Crippen molar-refractivity contribution in [2.45, 2.75) is 57.5 Å². The summed E-state index contributed by atoms with van der Waals surface area (Å²) < 4.78 is 41.2. The van der Waals surface area contributed by atoms with E-state index >= 15 is 0 Å². The fourth-order valence-electron chi connectivity index (χ4n) is 1.78. The molecule has 17 heavy (non-hydrogen) atoms. The second kappa shape index (κ2) is 8.34. The van der Waals surface area contributed by atoms with E-state index in [1.165, 1.54) is 0 Å². The topological polar surface area (TPSA) is 74.6 Å². The first-order valence-electron chi connectivity index (χ1n) is 6.04. The second-order valence-corrected chi connectivity index (χ2v) is 6.95. The van der Waals surface area contributed by atoms with Crippen molar-refractivity contribution in [1.82, 2.24) is 0 Å². The zero-order valence-corrected chi connectivity index (χ0v) is 12.6. The minimum absolute atomic E-state index is 0.0796. The molecule has 0 radical (unpaired) electrons. The van der Waals surface area contributed by atoms with Crippen molar-refractivity contribution < 1.29 is 17.5 Å². The average molecular weight is 284 g/mol. The van der Waals surface area contributed by atoms with E-state index in [1.807, 2.05) is 27.7 Å².